The Bertz CT molecular complexity index is 1610. The van der Waals surface area contributed by atoms with Crippen molar-refractivity contribution in [2.24, 2.45) is 40.1 Å². The van der Waals surface area contributed by atoms with E-state index in [2.05, 4.69) is 0 Å². The first-order valence-electron chi connectivity index (χ1n) is 28.8. The van der Waals surface area contributed by atoms with Crippen LogP contribution in [0.5, 0.6) is 0 Å². The molecule has 0 amide bonds. The molecular weight excluding hydrogens is 1130 g/mol. The van der Waals surface area contributed by atoms with Crippen LogP contribution in [0.1, 0.15) is 44.9 Å². The van der Waals surface area contributed by atoms with Crippen molar-refractivity contribution in [3.8, 4) is 0 Å². The van der Waals surface area contributed by atoms with E-state index in [4.69, 9.17) is 106 Å². The van der Waals surface area contributed by atoms with Crippen molar-refractivity contribution in [1.82, 2.24) is 0 Å². The molecule has 35 heteroatoms. The maximum Gasteiger partial charge on any atom is 0.187 e. The van der Waals surface area contributed by atoms with Crippen LogP contribution >= 0.6 is 0 Å². The summed E-state index contributed by atoms with van der Waals surface area (Å²) in [5, 5.41) is 163. The lowest BCUT2D eigenvalue weighted by molar-refractivity contribution is -0.393. The van der Waals surface area contributed by atoms with Crippen LogP contribution in [0.25, 0.3) is 0 Å². The van der Waals surface area contributed by atoms with Crippen molar-refractivity contribution < 1.29 is 138 Å². The zero-order valence-electron chi connectivity index (χ0n) is 46.1. The van der Waals surface area contributed by atoms with Gasteiger partial charge in [-0.1, -0.05) is 0 Å². The van der Waals surface area contributed by atoms with Gasteiger partial charge in [0.2, 0.25) is 0 Å². The Balaban J connectivity index is 1.12. The molecule has 0 unspecified atom stereocenters. The summed E-state index contributed by atoms with van der Waals surface area (Å²) in [7, 11) is 0. The predicted molar refractivity (Wildman–Crippen MR) is 275 cm³/mol. The molecule has 0 aromatic heterocycles. The van der Waals surface area contributed by atoms with Gasteiger partial charge < -0.3 is 178 Å². The lowest BCUT2D eigenvalue weighted by Gasteiger charge is -2.50. The summed E-state index contributed by atoms with van der Waals surface area (Å²) in [6.45, 7) is -0.799. The van der Waals surface area contributed by atoms with E-state index in [9.17, 15) is 71.5 Å². The van der Waals surface area contributed by atoms with Crippen LogP contribution in [0.3, 0.4) is 0 Å². The first-order valence-corrected chi connectivity index (χ1v) is 28.8. The summed E-state index contributed by atoms with van der Waals surface area (Å²) in [5.74, 6) is 0. The van der Waals surface area contributed by atoms with Crippen LogP contribution in [-0.4, -0.2) is 332 Å². The summed E-state index contributed by atoms with van der Waals surface area (Å²) < 4.78 is 85.5. The fraction of sp³-hybridized carbons (Fsp3) is 1.00. The SMILES string of the molecule is NCC[C@H]1O[C@@H]2O[C@H]3[C@H](O)[C@@H](O)[C@@H](O[C@H]4[C@H](O)[C@@H](O)[C@@H](O[C@H]5[C@H](O)[C@@H](O)[C@@H](O[C@H]6[C@H](O)[C@@H](O)[C@@H](O[C@H]7[C@H](O)[C@@H](O)[C@@H](O[C@H]8[C@H](O)[C@@H](O)[C@@H](O[C@H]1[C@H](O)[C@H]2O)O[C@@H]8CCN)O[C@@H]7CCN)O[C@@H]6CCN)O[C@@H]5CCN)O[C@@H]4CCN)O[C@@H]3CCN. The topological polar surface area (TPSA) is 595 Å². The third-order valence-electron chi connectivity index (χ3n) is 16.7. The van der Waals surface area contributed by atoms with Crippen LogP contribution < -0.4 is 40.1 Å². The highest BCUT2D eigenvalue weighted by Gasteiger charge is 2.59. The van der Waals surface area contributed by atoms with Gasteiger partial charge in [0.05, 0.1) is 42.7 Å². The van der Waals surface area contributed by atoms with Crippen molar-refractivity contribution in [3.05, 3.63) is 0 Å². The molecule has 0 aromatic carbocycles. The average Bonchev–Trinajstić information content (AvgIpc) is 2.54. The third-order valence-corrected chi connectivity index (χ3v) is 16.7. The van der Waals surface area contributed by atoms with Gasteiger partial charge in [0.25, 0.3) is 0 Å². The molecule has 21 saturated heterocycles. The van der Waals surface area contributed by atoms with E-state index in [-0.39, 0.29) is 90.8 Å². The maximum absolute atomic E-state index is 11.7. The monoisotopic (exact) mass is 1230 g/mol. The number of rotatable bonds is 14. The second-order valence-corrected chi connectivity index (χ2v) is 22.4. The quantitative estimate of drug-likeness (QED) is 0.0768. The second kappa shape index (κ2) is 30.6. The molecule has 0 saturated carbocycles. The van der Waals surface area contributed by atoms with Gasteiger partial charge in [-0.3, -0.25) is 0 Å². The van der Waals surface area contributed by atoms with E-state index in [1.807, 2.05) is 0 Å². The second-order valence-electron chi connectivity index (χ2n) is 22.4. The van der Waals surface area contributed by atoms with E-state index in [1.54, 1.807) is 0 Å². The number of hydrogen-bond donors (Lipinski definition) is 21. The molecule has 490 valence electrons. The van der Waals surface area contributed by atoms with Gasteiger partial charge in [0, 0.05) is 0 Å². The fourth-order valence-corrected chi connectivity index (χ4v) is 12.2. The Morgan fingerprint density at radius 2 is 0.274 bits per heavy atom. The molecule has 0 aromatic rings. The van der Waals surface area contributed by atoms with Crippen molar-refractivity contribution >= 4 is 0 Å². The number of aliphatic hydroxyl groups excluding tert-OH is 14. The summed E-state index contributed by atoms with van der Waals surface area (Å²) in [6, 6.07) is 0. The van der Waals surface area contributed by atoms with Gasteiger partial charge in [0.1, 0.15) is 128 Å². The smallest absolute Gasteiger partial charge is 0.187 e. The lowest BCUT2D eigenvalue weighted by atomic mass is 9.93. The van der Waals surface area contributed by atoms with E-state index >= 15 is 0 Å². The third kappa shape index (κ3) is 14.5. The van der Waals surface area contributed by atoms with Gasteiger partial charge >= 0.3 is 0 Å². The minimum Gasteiger partial charge on any atom is -0.387 e. The fourth-order valence-electron chi connectivity index (χ4n) is 12.2. The van der Waals surface area contributed by atoms with Crippen molar-refractivity contribution in [2.45, 2.75) is 260 Å². The number of ether oxygens (including phenoxy) is 14. The largest absolute Gasteiger partial charge is 0.387 e. The molecule has 21 heterocycles. The highest BCUT2D eigenvalue weighted by molar-refractivity contribution is 5.02. The average molecular weight is 1230 g/mol. The number of nitrogens with two attached hydrogens (primary N) is 7. The molecule has 21 aliphatic rings. The maximum atomic E-state index is 11.7. The van der Waals surface area contributed by atoms with Gasteiger partial charge in [-0.05, 0) is 90.8 Å². The molecule has 21 aliphatic heterocycles. The highest BCUT2D eigenvalue weighted by atomic mass is 16.8. The molecule has 0 spiro atoms. The van der Waals surface area contributed by atoms with E-state index in [0.29, 0.717) is 0 Å². The number of aliphatic hydroxyl groups is 14. The number of hydrogen-bond acceptors (Lipinski definition) is 35. The van der Waals surface area contributed by atoms with E-state index in [1.165, 1.54) is 0 Å². The van der Waals surface area contributed by atoms with Crippen molar-refractivity contribution in [2.75, 3.05) is 45.8 Å². The Hall–Kier alpha value is -1.40. The lowest BCUT2D eigenvalue weighted by Crippen LogP contribution is -2.67. The van der Waals surface area contributed by atoms with Gasteiger partial charge in [0.15, 0.2) is 44.0 Å². The summed E-state index contributed by atoms with van der Waals surface area (Å²) in [4.78, 5) is 0. The predicted octanol–water partition coefficient (Wildman–Crippen LogP) is -12.7. The minimum absolute atomic E-state index is 0.102. The summed E-state index contributed by atoms with van der Waals surface area (Å²) in [6.07, 6.45) is -61.2. The zero-order valence-corrected chi connectivity index (χ0v) is 46.1. The molecule has 28 N–H and O–H groups in total. The Kier molecular flexibility index (Phi) is 25.0. The first-order chi connectivity index (χ1) is 40.2. The van der Waals surface area contributed by atoms with Crippen LogP contribution in [0.15, 0.2) is 0 Å². The Morgan fingerprint density at radius 3 is 0.369 bits per heavy atom. The van der Waals surface area contributed by atoms with Crippen LogP contribution in [0, 0.1) is 0 Å². The van der Waals surface area contributed by atoms with Gasteiger partial charge in [-0.15, -0.1) is 0 Å². The van der Waals surface area contributed by atoms with Gasteiger partial charge in [-0.25, -0.2) is 0 Å². The van der Waals surface area contributed by atoms with E-state index in [0.717, 1.165) is 0 Å². The van der Waals surface area contributed by atoms with Crippen molar-refractivity contribution in [1.29, 1.82) is 0 Å². The molecule has 21 fully saturated rings. The zero-order chi connectivity index (χ0) is 61.0. The normalized spacial score (nSPS) is 51.8. The van der Waals surface area contributed by atoms with Gasteiger partial charge in [-0.2, -0.15) is 0 Å². The molecule has 21 rings (SSSR count). The summed E-state index contributed by atoms with van der Waals surface area (Å²) >= 11 is 0. The van der Waals surface area contributed by atoms with Crippen LogP contribution in [0.4, 0.5) is 0 Å². The molecule has 0 aliphatic carbocycles. The Morgan fingerprint density at radius 1 is 0.167 bits per heavy atom. The Labute approximate surface area is 482 Å². The standard InChI is InChI=1S/C49H91N7O28/c50-8-1-15-36-22(57)29(64)43(71-15)79-37-16(2-9-51)73-45(31(66)24(37)59)81-39-18(4-11-53)75-47(33(68)26(39)61)83-41-20(6-13-55)77-49(35(70)28(41)63)84-42-21(7-14-56)76-48(34(69)27(42)62)82-40-19(5-12-54)74-46(32(67)25(40)60)80-38-17(3-10-52)72-44(78-36)30(65)23(38)58/h15-49,57-70H,1-14,50-56H2/t15-,16-,17-,18-,19-,20-,21-,22-,23-,24-,25-,26-,27-,28-,29-,30-,31-,32-,33-,34-,35-,36-,37-,38-,39-,40-,41-,42-,43-,44-,45-,46-,47-,48-,49-/m1/s1. The minimum atomic E-state index is -2.02. The van der Waals surface area contributed by atoms with Crippen LogP contribution in [0.2, 0.25) is 0 Å². The highest BCUT2D eigenvalue weighted by Crippen LogP contribution is 2.40. The molecule has 14 bridgehead atoms. The van der Waals surface area contributed by atoms with E-state index < -0.39 is 215 Å². The van der Waals surface area contributed by atoms with Crippen LogP contribution in [-0.2, 0) is 66.3 Å². The molecule has 35 atom stereocenters. The van der Waals surface area contributed by atoms with Crippen molar-refractivity contribution in [3.63, 3.8) is 0 Å². The molecule has 84 heavy (non-hydrogen) atoms. The first kappa shape index (κ1) is 68.5. The molecule has 0 radical (unpaired) electrons. The summed E-state index contributed by atoms with van der Waals surface area (Å²) in [5.41, 5.74) is 41.7. The molecule has 35 nitrogen and oxygen atoms in total. The molecular formula is C49H91N7O28.